The standard InChI is InChI=1S/C25H30N4S/c1-13(2)20-21-15(4)23(18-9-16-6-5-7-17(16)10-18)30-25(21)28-22(20)19-8-14(3)24-26-12-27-29(24)11-19/h8,11-13,16-18,28H,5-7,9-10H2,1-4H3/t16-,17+,18?. The van der Waals surface area contributed by atoms with Crippen molar-refractivity contribution in [2.45, 2.75) is 71.6 Å². The lowest BCUT2D eigenvalue weighted by atomic mass is 9.93. The first-order valence-electron chi connectivity index (χ1n) is 11.5. The lowest BCUT2D eigenvalue weighted by Gasteiger charge is -2.13. The third-order valence-electron chi connectivity index (χ3n) is 7.75. The second kappa shape index (κ2) is 6.68. The summed E-state index contributed by atoms with van der Waals surface area (Å²) in [6, 6.07) is 2.25. The zero-order valence-corrected chi connectivity index (χ0v) is 19.1. The van der Waals surface area contributed by atoms with Gasteiger partial charge in [0.2, 0.25) is 0 Å². The average molecular weight is 419 g/mol. The topological polar surface area (TPSA) is 46.0 Å². The van der Waals surface area contributed by atoms with Crippen molar-refractivity contribution in [2.75, 3.05) is 0 Å². The molecule has 0 spiro atoms. The highest BCUT2D eigenvalue weighted by atomic mass is 32.1. The molecule has 4 aromatic heterocycles. The van der Waals surface area contributed by atoms with Crippen LogP contribution in [0.1, 0.15) is 79.4 Å². The van der Waals surface area contributed by atoms with Gasteiger partial charge >= 0.3 is 0 Å². The summed E-state index contributed by atoms with van der Waals surface area (Å²) in [4.78, 5) is 11.2. The third kappa shape index (κ3) is 2.64. The number of pyridine rings is 1. The summed E-state index contributed by atoms with van der Waals surface area (Å²) in [7, 11) is 0. The van der Waals surface area contributed by atoms with E-state index in [4.69, 9.17) is 0 Å². The molecule has 4 nitrogen and oxygen atoms in total. The van der Waals surface area contributed by atoms with Gasteiger partial charge in [-0.25, -0.2) is 9.50 Å². The largest absolute Gasteiger partial charge is 0.346 e. The van der Waals surface area contributed by atoms with Crippen LogP contribution in [0.3, 0.4) is 0 Å². The number of rotatable bonds is 3. The fourth-order valence-corrected chi connectivity index (χ4v) is 7.80. The van der Waals surface area contributed by atoms with E-state index in [1.165, 1.54) is 64.7 Å². The number of aryl methyl sites for hydroxylation is 2. The lowest BCUT2D eigenvalue weighted by Crippen LogP contribution is -1.97. The molecule has 1 N–H and O–H groups in total. The first kappa shape index (κ1) is 18.6. The molecule has 4 heterocycles. The van der Waals surface area contributed by atoms with Crippen LogP contribution in [-0.4, -0.2) is 19.6 Å². The van der Waals surface area contributed by atoms with E-state index in [0.29, 0.717) is 5.92 Å². The van der Waals surface area contributed by atoms with Crippen molar-refractivity contribution in [3.8, 4) is 11.3 Å². The highest BCUT2D eigenvalue weighted by molar-refractivity contribution is 7.19. The molecule has 2 fully saturated rings. The van der Waals surface area contributed by atoms with Crippen molar-refractivity contribution >= 4 is 27.2 Å². The van der Waals surface area contributed by atoms with Crippen molar-refractivity contribution in [1.29, 1.82) is 0 Å². The Balaban J connectivity index is 1.48. The van der Waals surface area contributed by atoms with E-state index in [-0.39, 0.29) is 0 Å². The maximum absolute atomic E-state index is 4.39. The van der Waals surface area contributed by atoms with Crippen LogP contribution in [0.4, 0.5) is 0 Å². The van der Waals surface area contributed by atoms with Gasteiger partial charge in [0.25, 0.3) is 0 Å². The maximum atomic E-state index is 4.39. The fourth-order valence-electron chi connectivity index (χ4n) is 6.45. The van der Waals surface area contributed by atoms with Crippen molar-refractivity contribution in [2.24, 2.45) is 11.8 Å². The number of aromatic nitrogens is 4. The van der Waals surface area contributed by atoms with Crippen LogP contribution in [0, 0.1) is 25.7 Å². The Labute approximate surface area is 181 Å². The van der Waals surface area contributed by atoms with Crippen LogP contribution in [0.2, 0.25) is 0 Å². The second-order valence-corrected chi connectivity index (χ2v) is 11.0. The smallest absolute Gasteiger partial charge is 0.158 e. The van der Waals surface area contributed by atoms with Crippen LogP contribution >= 0.6 is 11.3 Å². The predicted octanol–water partition coefficient (Wildman–Crippen LogP) is 6.97. The Morgan fingerprint density at radius 3 is 2.67 bits per heavy atom. The summed E-state index contributed by atoms with van der Waals surface area (Å²) in [6.45, 7) is 9.14. The quantitative estimate of drug-likeness (QED) is 0.390. The molecule has 0 radical (unpaired) electrons. The zero-order valence-electron chi connectivity index (χ0n) is 18.3. The SMILES string of the molecule is Cc1c(C2C[C@H]3CCC[C@H]3C2)sc2[nH]c(-c3cc(C)c4ncnn4c3)c(C(C)C)c12. The number of aromatic amines is 1. The van der Waals surface area contributed by atoms with Gasteiger partial charge in [-0.1, -0.05) is 33.1 Å². The number of fused-ring (bicyclic) bond motifs is 3. The summed E-state index contributed by atoms with van der Waals surface area (Å²) in [5, 5.41) is 5.87. The maximum Gasteiger partial charge on any atom is 0.158 e. The monoisotopic (exact) mass is 418 g/mol. The molecule has 6 rings (SSSR count). The molecule has 2 saturated carbocycles. The number of H-pyrrole nitrogens is 1. The molecule has 0 aromatic carbocycles. The number of thiophene rings is 1. The molecular formula is C25H30N4S. The average Bonchev–Trinajstić information content (AvgIpc) is 3.47. The van der Waals surface area contributed by atoms with E-state index in [2.05, 4.69) is 55.0 Å². The first-order chi connectivity index (χ1) is 14.5. The van der Waals surface area contributed by atoms with Crippen LogP contribution in [0.15, 0.2) is 18.6 Å². The molecule has 0 amide bonds. The highest BCUT2D eigenvalue weighted by Crippen LogP contribution is 2.54. The third-order valence-corrected chi connectivity index (χ3v) is 9.12. The molecule has 0 aliphatic heterocycles. The molecule has 1 unspecified atom stereocenters. The van der Waals surface area contributed by atoms with Crippen LogP contribution in [-0.2, 0) is 0 Å². The minimum absolute atomic E-state index is 0.463. The molecule has 0 saturated heterocycles. The molecule has 2 aliphatic carbocycles. The minimum atomic E-state index is 0.463. The van der Waals surface area contributed by atoms with Crippen molar-refractivity contribution in [3.05, 3.63) is 40.2 Å². The summed E-state index contributed by atoms with van der Waals surface area (Å²) in [5.41, 5.74) is 7.54. The molecule has 0 bridgehead atoms. The van der Waals surface area contributed by atoms with E-state index in [1.807, 2.05) is 15.9 Å². The molecule has 5 heteroatoms. The first-order valence-corrected chi connectivity index (χ1v) is 12.3. The van der Waals surface area contributed by atoms with Crippen molar-refractivity contribution in [3.63, 3.8) is 0 Å². The summed E-state index contributed by atoms with van der Waals surface area (Å²) in [6.07, 6.45) is 11.0. The van der Waals surface area contributed by atoms with Gasteiger partial charge in [0.1, 0.15) is 11.2 Å². The number of hydrogen-bond acceptors (Lipinski definition) is 3. The van der Waals surface area contributed by atoms with Crippen LogP contribution in [0.25, 0.3) is 27.1 Å². The lowest BCUT2D eigenvalue weighted by molar-refractivity contribution is 0.457. The Hall–Kier alpha value is -2.14. The summed E-state index contributed by atoms with van der Waals surface area (Å²) < 4.78 is 1.90. The minimum Gasteiger partial charge on any atom is -0.346 e. The molecule has 30 heavy (non-hydrogen) atoms. The normalized spacial score (nSPS) is 24.0. The van der Waals surface area contributed by atoms with Crippen molar-refractivity contribution < 1.29 is 0 Å². The van der Waals surface area contributed by atoms with Crippen molar-refractivity contribution in [1.82, 2.24) is 19.6 Å². The van der Waals surface area contributed by atoms with Gasteiger partial charge in [0.05, 0.1) is 5.69 Å². The van der Waals surface area contributed by atoms with Gasteiger partial charge in [-0.15, -0.1) is 11.3 Å². The summed E-state index contributed by atoms with van der Waals surface area (Å²) in [5.74, 6) is 3.23. The zero-order chi connectivity index (χ0) is 20.6. The van der Waals surface area contributed by atoms with Gasteiger partial charge in [0.15, 0.2) is 5.65 Å². The fraction of sp³-hybridized carbons (Fsp3) is 0.520. The predicted molar refractivity (Wildman–Crippen MR) is 125 cm³/mol. The van der Waals surface area contributed by atoms with Gasteiger partial charge < -0.3 is 4.98 Å². The second-order valence-electron chi connectivity index (χ2n) is 9.92. The van der Waals surface area contributed by atoms with E-state index in [1.54, 1.807) is 11.2 Å². The molecule has 3 atom stereocenters. The van der Waals surface area contributed by atoms with Gasteiger partial charge in [-0.2, -0.15) is 5.10 Å². The van der Waals surface area contributed by atoms with E-state index in [0.717, 1.165) is 29.0 Å². The van der Waals surface area contributed by atoms with Crippen LogP contribution in [0.5, 0.6) is 0 Å². The highest BCUT2D eigenvalue weighted by Gasteiger charge is 2.39. The van der Waals surface area contributed by atoms with E-state index in [9.17, 15) is 0 Å². The van der Waals surface area contributed by atoms with Crippen LogP contribution < -0.4 is 0 Å². The molecular weight excluding hydrogens is 388 g/mol. The van der Waals surface area contributed by atoms with E-state index >= 15 is 0 Å². The Bertz CT molecular complexity index is 1250. The number of nitrogens with zero attached hydrogens (tertiary/aromatic N) is 3. The van der Waals surface area contributed by atoms with Gasteiger partial charge in [0, 0.05) is 22.0 Å². The Morgan fingerprint density at radius 1 is 1.17 bits per heavy atom. The number of hydrogen-bond donors (Lipinski definition) is 1. The molecule has 2 aliphatic rings. The van der Waals surface area contributed by atoms with Gasteiger partial charge in [-0.3, -0.25) is 0 Å². The summed E-state index contributed by atoms with van der Waals surface area (Å²) >= 11 is 2.03. The molecule has 4 aromatic rings. The van der Waals surface area contributed by atoms with E-state index < -0.39 is 0 Å². The Kier molecular flexibility index (Phi) is 4.14. The Morgan fingerprint density at radius 2 is 1.93 bits per heavy atom. The number of nitrogens with one attached hydrogen (secondary N) is 1. The van der Waals surface area contributed by atoms with Gasteiger partial charge in [-0.05, 0) is 73.1 Å². The molecule has 156 valence electrons.